The molecule has 0 atom stereocenters. The van der Waals surface area contributed by atoms with E-state index in [1.165, 1.54) is 12.5 Å². The topological polar surface area (TPSA) is 81.0 Å². The molecule has 7 heteroatoms. The molecule has 0 aliphatic carbocycles. The van der Waals surface area contributed by atoms with Gasteiger partial charge in [-0.3, -0.25) is 9.59 Å². The third-order valence-electron chi connectivity index (χ3n) is 6.62. The molecule has 31 heavy (non-hydrogen) atoms. The number of methoxy groups -OCH3 is 1. The van der Waals surface area contributed by atoms with Crippen molar-refractivity contribution in [3.63, 3.8) is 0 Å². The average molecular weight is 427 g/mol. The molecule has 0 radical (unpaired) electrons. The Bertz CT molecular complexity index is 881. The molecule has 166 valence electrons. The first-order valence-electron chi connectivity index (χ1n) is 10.9. The van der Waals surface area contributed by atoms with E-state index in [1.54, 1.807) is 13.2 Å². The molecule has 2 aromatic rings. The minimum Gasteiger partial charge on any atom is -0.496 e. The monoisotopic (exact) mass is 426 g/mol. The third-order valence-corrected chi connectivity index (χ3v) is 6.62. The minimum absolute atomic E-state index is 0.00793. The van der Waals surface area contributed by atoms with Gasteiger partial charge in [0, 0.05) is 38.4 Å². The third kappa shape index (κ3) is 4.46. The van der Waals surface area contributed by atoms with Crippen molar-refractivity contribution in [1.82, 2.24) is 10.2 Å². The van der Waals surface area contributed by atoms with E-state index >= 15 is 0 Å². The zero-order chi connectivity index (χ0) is 21.7. The largest absolute Gasteiger partial charge is 0.496 e. The maximum absolute atomic E-state index is 13.5. The van der Waals surface area contributed by atoms with Crippen molar-refractivity contribution in [2.75, 3.05) is 40.0 Å². The lowest BCUT2D eigenvalue weighted by atomic mass is 9.72. The summed E-state index contributed by atoms with van der Waals surface area (Å²) in [6.45, 7) is 3.11. The van der Waals surface area contributed by atoms with E-state index in [4.69, 9.17) is 13.9 Å². The van der Waals surface area contributed by atoms with E-state index in [2.05, 4.69) is 5.32 Å². The number of likely N-dealkylation sites (tertiary alicyclic amines) is 1. The van der Waals surface area contributed by atoms with Gasteiger partial charge in [-0.1, -0.05) is 18.2 Å². The first kappa shape index (κ1) is 21.4. The van der Waals surface area contributed by atoms with Gasteiger partial charge >= 0.3 is 0 Å². The number of carbonyl (C=O) groups is 2. The molecule has 1 aromatic carbocycles. The smallest absolute Gasteiger partial charge is 0.257 e. The number of nitrogens with zero attached hydrogens (tertiary/aromatic N) is 1. The maximum atomic E-state index is 13.5. The molecule has 2 aliphatic heterocycles. The number of piperidine rings is 1. The van der Waals surface area contributed by atoms with Gasteiger partial charge in [-0.25, -0.2) is 0 Å². The second-order valence-electron chi connectivity index (χ2n) is 8.35. The molecule has 0 spiro atoms. The molecular weight excluding hydrogens is 396 g/mol. The highest BCUT2D eigenvalue weighted by Gasteiger charge is 2.43. The van der Waals surface area contributed by atoms with E-state index in [1.807, 2.05) is 29.2 Å². The Morgan fingerprint density at radius 1 is 1.16 bits per heavy atom. The molecule has 2 aliphatic rings. The van der Waals surface area contributed by atoms with Gasteiger partial charge in [0.25, 0.3) is 5.91 Å². The van der Waals surface area contributed by atoms with E-state index in [0.717, 1.165) is 24.2 Å². The highest BCUT2D eigenvalue weighted by atomic mass is 16.5. The normalized spacial score (nSPS) is 19.1. The lowest BCUT2D eigenvalue weighted by molar-refractivity contribution is -0.130. The number of carbonyl (C=O) groups excluding carboxylic acids is 2. The van der Waals surface area contributed by atoms with Gasteiger partial charge in [0.05, 0.1) is 24.4 Å². The highest BCUT2D eigenvalue weighted by Crippen LogP contribution is 2.40. The molecule has 0 bridgehead atoms. The molecule has 2 amide bonds. The van der Waals surface area contributed by atoms with Crippen LogP contribution in [-0.4, -0.2) is 56.7 Å². The van der Waals surface area contributed by atoms with Crippen molar-refractivity contribution in [3.05, 3.63) is 54.0 Å². The van der Waals surface area contributed by atoms with Gasteiger partial charge in [-0.15, -0.1) is 0 Å². The predicted molar refractivity (Wildman–Crippen MR) is 115 cm³/mol. The van der Waals surface area contributed by atoms with Gasteiger partial charge in [-0.05, 0) is 43.7 Å². The number of rotatable bonds is 6. The molecule has 0 unspecified atom stereocenters. The summed E-state index contributed by atoms with van der Waals surface area (Å²) in [6, 6.07) is 9.47. The van der Waals surface area contributed by atoms with Crippen LogP contribution in [0.25, 0.3) is 0 Å². The number of benzene rings is 1. The summed E-state index contributed by atoms with van der Waals surface area (Å²) < 4.78 is 16.2. The SMILES string of the molecule is COc1ccccc1C1(C(=O)NCC2CCN(C(=O)c3ccoc3)CC2)CCOCC1. The van der Waals surface area contributed by atoms with Crippen molar-refractivity contribution in [2.45, 2.75) is 31.1 Å². The Hall–Kier alpha value is -2.80. The fourth-order valence-corrected chi connectivity index (χ4v) is 4.69. The Morgan fingerprint density at radius 3 is 2.58 bits per heavy atom. The number of para-hydroxylation sites is 1. The molecule has 2 saturated heterocycles. The van der Waals surface area contributed by atoms with Gasteiger partial charge < -0.3 is 24.1 Å². The lowest BCUT2D eigenvalue weighted by Crippen LogP contribution is -2.50. The van der Waals surface area contributed by atoms with E-state index in [0.29, 0.717) is 57.2 Å². The van der Waals surface area contributed by atoms with Gasteiger partial charge in [0.2, 0.25) is 5.91 Å². The predicted octanol–water partition coefficient (Wildman–Crippen LogP) is 3.01. The van der Waals surface area contributed by atoms with E-state index in [9.17, 15) is 9.59 Å². The Balaban J connectivity index is 1.37. The Kier molecular flexibility index (Phi) is 6.61. The summed E-state index contributed by atoms with van der Waals surface area (Å²) in [5, 5.41) is 3.22. The first-order chi connectivity index (χ1) is 15.1. The van der Waals surface area contributed by atoms with Crippen LogP contribution in [0.3, 0.4) is 0 Å². The Morgan fingerprint density at radius 2 is 1.90 bits per heavy atom. The summed E-state index contributed by atoms with van der Waals surface area (Å²) in [5.41, 5.74) is 0.881. The second kappa shape index (κ2) is 9.56. The molecule has 3 heterocycles. The lowest BCUT2D eigenvalue weighted by Gasteiger charge is -2.38. The van der Waals surface area contributed by atoms with Gasteiger partial charge in [0.15, 0.2) is 0 Å². The van der Waals surface area contributed by atoms with Crippen LogP contribution in [0.15, 0.2) is 47.3 Å². The molecule has 7 nitrogen and oxygen atoms in total. The standard InChI is InChI=1S/C24H30N2O5/c1-29-21-5-3-2-4-20(21)24(9-14-30-15-10-24)23(28)25-16-18-6-11-26(12-7-18)22(27)19-8-13-31-17-19/h2-5,8,13,17-18H,6-7,9-12,14-16H2,1H3,(H,25,28). The minimum atomic E-state index is -0.636. The zero-order valence-corrected chi connectivity index (χ0v) is 18.0. The zero-order valence-electron chi connectivity index (χ0n) is 18.0. The first-order valence-corrected chi connectivity index (χ1v) is 10.9. The van der Waals surface area contributed by atoms with Crippen molar-refractivity contribution in [1.29, 1.82) is 0 Å². The number of ether oxygens (including phenoxy) is 2. The summed E-state index contributed by atoms with van der Waals surface area (Å²) in [7, 11) is 1.64. The number of furan rings is 1. The fourth-order valence-electron chi connectivity index (χ4n) is 4.69. The number of nitrogens with one attached hydrogen (secondary N) is 1. The average Bonchev–Trinajstić information content (AvgIpc) is 3.38. The van der Waals surface area contributed by atoms with E-state index in [-0.39, 0.29) is 11.8 Å². The van der Waals surface area contributed by atoms with Crippen LogP contribution in [0.4, 0.5) is 0 Å². The maximum Gasteiger partial charge on any atom is 0.257 e. The van der Waals surface area contributed by atoms with E-state index < -0.39 is 5.41 Å². The van der Waals surface area contributed by atoms with Crippen LogP contribution >= 0.6 is 0 Å². The van der Waals surface area contributed by atoms with Crippen LogP contribution in [0, 0.1) is 5.92 Å². The van der Waals surface area contributed by atoms with Crippen LogP contribution in [0.2, 0.25) is 0 Å². The summed E-state index contributed by atoms with van der Waals surface area (Å²) in [6.07, 6.45) is 6.01. The van der Waals surface area contributed by atoms with Crippen LogP contribution < -0.4 is 10.1 Å². The number of hydrogen-bond acceptors (Lipinski definition) is 5. The number of hydrogen-bond donors (Lipinski definition) is 1. The highest BCUT2D eigenvalue weighted by molar-refractivity contribution is 5.93. The Labute approximate surface area is 182 Å². The molecule has 1 N–H and O–H groups in total. The molecule has 4 rings (SSSR count). The van der Waals surface area contributed by atoms with Crippen LogP contribution in [0.1, 0.15) is 41.6 Å². The fraction of sp³-hybridized carbons (Fsp3) is 0.500. The quantitative estimate of drug-likeness (QED) is 0.768. The molecule has 0 saturated carbocycles. The van der Waals surface area contributed by atoms with Gasteiger partial charge in [-0.2, -0.15) is 0 Å². The van der Waals surface area contributed by atoms with Crippen molar-refractivity contribution in [2.24, 2.45) is 5.92 Å². The van der Waals surface area contributed by atoms with Crippen molar-refractivity contribution in [3.8, 4) is 5.75 Å². The molecular formula is C24H30N2O5. The van der Waals surface area contributed by atoms with Gasteiger partial charge in [0.1, 0.15) is 12.0 Å². The molecule has 1 aromatic heterocycles. The van der Waals surface area contributed by atoms with Crippen LogP contribution in [0.5, 0.6) is 5.75 Å². The summed E-state index contributed by atoms with van der Waals surface area (Å²) in [4.78, 5) is 27.8. The summed E-state index contributed by atoms with van der Waals surface area (Å²) >= 11 is 0. The second-order valence-corrected chi connectivity index (χ2v) is 8.35. The molecule has 2 fully saturated rings. The van der Waals surface area contributed by atoms with Crippen molar-refractivity contribution >= 4 is 11.8 Å². The number of amides is 2. The summed E-state index contributed by atoms with van der Waals surface area (Å²) in [5.74, 6) is 1.14. The van der Waals surface area contributed by atoms with Crippen LogP contribution in [-0.2, 0) is 14.9 Å². The van der Waals surface area contributed by atoms with Crippen molar-refractivity contribution < 1.29 is 23.5 Å².